The van der Waals surface area contributed by atoms with Gasteiger partial charge in [-0.2, -0.15) is 31.7 Å². The first-order chi connectivity index (χ1) is 16.0. The van der Waals surface area contributed by atoms with E-state index in [1.807, 2.05) is 0 Å². The summed E-state index contributed by atoms with van der Waals surface area (Å²) in [7, 11) is -2.50. The zero-order valence-electron chi connectivity index (χ0n) is 17.4. The third kappa shape index (κ3) is 5.40. The summed E-state index contributed by atoms with van der Waals surface area (Å²) in [5.41, 5.74) is 1.02. The average molecular weight is 495 g/mol. The molecule has 0 spiro atoms. The Bertz CT molecular complexity index is 1400. The number of alkyl halides is 3. The average Bonchev–Trinajstić information content (AvgIpc) is 3.38. The molecule has 0 amide bonds. The van der Waals surface area contributed by atoms with Crippen molar-refractivity contribution >= 4 is 10.1 Å². The Hall–Kier alpha value is -3.78. The molecule has 4 rings (SSSR count). The maximum Gasteiger partial charge on any atom is 0.417 e. The van der Waals surface area contributed by atoms with Crippen molar-refractivity contribution in [2.75, 3.05) is 0 Å². The number of ether oxygens (including phenoxy) is 1. The van der Waals surface area contributed by atoms with Gasteiger partial charge in [-0.25, -0.2) is 4.98 Å². The first-order valence-corrected chi connectivity index (χ1v) is 11.2. The first-order valence-electron chi connectivity index (χ1n) is 9.55. The minimum Gasteiger partial charge on any atom is -0.471 e. The van der Waals surface area contributed by atoms with Gasteiger partial charge in [-0.3, -0.25) is 9.23 Å². The maximum atomic E-state index is 12.7. The third-order valence-electron chi connectivity index (χ3n) is 4.70. The van der Waals surface area contributed by atoms with Crippen LogP contribution in [0, 0.1) is 0 Å². The van der Waals surface area contributed by atoms with Crippen molar-refractivity contribution in [2.45, 2.75) is 18.5 Å². The Morgan fingerprint density at radius 2 is 1.85 bits per heavy atom. The van der Waals surface area contributed by atoms with Crippen LogP contribution >= 0.6 is 0 Å². The summed E-state index contributed by atoms with van der Waals surface area (Å²) in [5.74, 6) is -0.161. The second-order valence-electron chi connectivity index (χ2n) is 7.15. The number of aromatic nitrogens is 5. The predicted octanol–water partition coefficient (Wildman–Crippen LogP) is 3.52. The summed E-state index contributed by atoms with van der Waals surface area (Å²) >= 11 is 0. The van der Waals surface area contributed by atoms with Crippen molar-refractivity contribution in [1.82, 2.24) is 24.9 Å². The summed E-state index contributed by atoms with van der Waals surface area (Å²) in [4.78, 5) is 8.00. The molecule has 0 aliphatic carbocycles. The molecule has 34 heavy (non-hydrogen) atoms. The molecule has 0 saturated heterocycles. The number of aryl methyl sites for hydroxylation is 1. The summed E-state index contributed by atoms with van der Waals surface area (Å²) in [6.45, 7) is -0.0771. The van der Waals surface area contributed by atoms with E-state index < -0.39 is 27.6 Å². The molecular weight excluding hydrogens is 479 g/mol. The monoisotopic (exact) mass is 495 g/mol. The molecule has 3 aromatic heterocycles. The van der Waals surface area contributed by atoms with E-state index in [0.717, 1.165) is 12.1 Å². The molecule has 0 saturated carbocycles. The number of hydrogen-bond acceptors (Lipinski definition) is 8. The number of halogens is 3. The zero-order chi connectivity index (χ0) is 24.5. The van der Waals surface area contributed by atoms with Gasteiger partial charge in [0.25, 0.3) is 16.0 Å². The van der Waals surface area contributed by atoms with Crippen molar-refractivity contribution in [3.05, 3.63) is 65.6 Å². The summed E-state index contributed by atoms with van der Waals surface area (Å²) in [6, 6.07) is 8.18. The highest BCUT2D eigenvalue weighted by Crippen LogP contribution is 2.30. The van der Waals surface area contributed by atoms with E-state index in [9.17, 15) is 21.6 Å². The van der Waals surface area contributed by atoms with Crippen LogP contribution in [0.4, 0.5) is 13.2 Å². The number of nitrogens with zero attached hydrogens (tertiary/aromatic N) is 5. The minimum atomic E-state index is -4.49. The second-order valence-corrected chi connectivity index (χ2v) is 8.60. The molecule has 0 bridgehead atoms. The first kappa shape index (κ1) is 23.4. The Morgan fingerprint density at radius 3 is 2.47 bits per heavy atom. The van der Waals surface area contributed by atoms with Crippen LogP contribution in [0.25, 0.3) is 22.8 Å². The van der Waals surface area contributed by atoms with E-state index >= 15 is 0 Å². The summed E-state index contributed by atoms with van der Waals surface area (Å²) in [5, 5.41) is 8.06. The van der Waals surface area contributed by atoms with Gasteiger partial charge in [-0.15, -0.1) is 0 Å². The molecule has 3 heterocycles. The van der Waals surface area contributed by atoms with Crippen LogP contribution in [0.15, 0.2) is 53.3 Å². The third-order valence-corrected chi connectivity index (χ3v) is 5.40. The zero-order valence-corrected chi connectivity index (χ0v) is 18.2. The van der Waals surface area contributed by atoms with Crippen LogP contribution in [0.3, 0.4) is 0 Å². The maximum absolute atomic E-state index is 12.7. The lowest BCUT2D eigenvalue weighted by Gasteiger charge is -2.09. The van der Waals surface area contributed by atoms with Crippen LogP contribution in [-0.2, 0) is 35.7 Å². The lowest BCUT2D eigenvalue weighted by atomic mass is 10.1. The van der Waals surface area contributed by atoms with Crippen LogP contribution in [0.2, 0.25) is 0 Å². The fourth-order valence-corrected chi connectivity index (χ4v) is 3.61. The van der Waals surface area contributed by atoms with Gasteiger partial charge in [0.2, 0.25) is 11.7 Å². The molecule has 1 N–H and O–H groups in total. The normalized spacial score (nSPS) is 12.1. The minimum absolute atomic E-state index is 0.00338. The molecule has 0 atom stereocenters. The molecule has 1 aromatic carbocycles. The van der Waals surface area contributed by atoms with Crippen LogP contribution in [0.5, 0.6) is 5.88 Å². The molecule has 4 aromatic rings. The van der Waals surface area contributed by atoms with Gasteiger partial charge in [0, 0.05) is 24.9 Å². The molecule has 0 unspecified atom stereocenters. The molecule has 0 fully saturated rings. The molecule has 0 aliphatic heterocycles. The highest BCUT2D eigenvalue weighted by atomic mass is 32.2. The number of benzene rings is 1. The van der Waals surface area contributed by atoms with E-state index in [1.54, 1.807) is 19.2 Å². The van der Waals surface area contributed by atoms with Gasteiger partial charge >= 0.3 is 6.18 Å². The Kier molecular flexibility index (Phi) is 6.10. The van der Waals surface area contributed by atoms with Gasteiger partial charge in [-0.1, -0.05) is 29.4 Å². The topological polar surface area (TPSA) is 133 Å². The Morgan fingerprint density at radius 1 is 1.12 bits per heavy atom. The second kappa shape index (κ2) is 8.87. The molecule has 178 valence electrons. The van der Waals surface area contributed by atoms with Crippen molar-refractivity contribution in [3.63, 3.8) is 0 Å². The summed E-state index contributed by atoms with van der Waals surface area (Å²) < 4.78 is 81.3. The fourth-order valence-electron chi connectivity index (χ4n) is 3.00. The van der Waals surface area contributed by atoms with Gasteiger partial charge in [0.1, 0.15) is 12.4 Å². The van der Waals surface area contributed by atoms with Gasteiger partial charge < -0.3 is 9.26 Å². The largest absolute Gasteiger partial charge is 0.471 e. The van der Waals surface area contributed by atoms with Crippen LogP contribution in [0.1, 0.15) is 16.8 Å². The van der Waals surface area contributed by atoms with Gasteiger partial charge in [0.15, 0.2) is 0 Å². The van der Waals surface area contributed by atoms with Gasteiger partial charge in [-0.05, 0) is 11.6 Å². The van der Waals surface area contributed by atoms with E-state index in [4.69, 9.17) is 13.8 Å². The smallest absolute Gasteiger partial charge is 0.417 e. The van der Waals surface area contributed by atoms with Crippen LogP contribution in [-0.4, -0.2) is 37.9 Å². The number of hydrogen-bond donors (Lipinski definition) is 1. The highest BCUT2D eigenvalue weighted by Gasteiger charge is 2.30. The summed E-state index contributed by atoms with van der Waals surface area (Å²) in [6.07, 6.45) is -2.33. The van der Waals surface area contributed by atoms with Crippen molar-refractivity contribution in [1.29, 1.82) is 0 Å². The molecule has 14 heteroatoms. The molecule has 0 radical (unpaired) electrons. The van der Waals surface area contributed by atoms with Crippen LogP contribution < -0.4 is 4.74 Å². The van der Waals surface area contributed by atoms with Gasteiger partial charge in [0.05, 0.1) is 23.0 Å². The number of rotatable bonds is 7. The molecule has 10 nitrogen and oxygen atoms in total. The predicted molar refractivity (Wildman–Crippen MR) is 111 cm³/mol. The van der Waals surface area contributed by atoms with E-state index in [-0.39, 0.29) is 24.2 Å². The van der Waals surface area contributed by atoms with E-state index in [2.05, 4.69) is 20.2 Å². The van der Waals surface area contributed by atoms with Crippen molar-refractivity contribution < 1.29 is 35.4 Å². The van der Waals surface area contributed by atoms with E-state index in [1.165, 1.54) is 23.0 Å². The lowest BCUT2D eigenvalue weighted by Crippen LogP contribution is -2.07. The van der Waals surface area contributed by atoms with Crippen molar-refractivity contribution in [3.8, 4) is 28.7 Å². The Balaban J connectivity index is 1.50. The van der Waals surface area contributed by atoms with Crippen molar-refractivity contribution in [2.24, 2.45) is 7.05 Å². The standard InChI is InChI=1S/C20H16F3N5O5S/c1-28-16(10-32-17-7-6-14(8-24-17)20(21,22)23)15(9-25-28)19-26-18(27-33-19)13-4-2-12(3-5-13)11-34(29,30)31/h2-9H,10-11H2,1H3,(H,29,30,31). The molecule has 0 aliphatic rings. The SMILES string of the molecule is Cn1ncc(-c2nc(-c3ccc(CS(=O)(=O)O)cc3)no2)c1COc1ccc(C(F)(F)F)cn1. The number of pyridine rings is 1. The lowest BCUT2D eigenvalue weighted by molar-refractivity contribution is -0.137. The fraction of sp³-hybridized carbons (Fsp3) is 0.200. The Labute approximate surface area is 190 Å². The highest BCUT2D eigenvalue weighted by molar-refractivity contribution is 7.85. The quantitative estimate of drug-likeness (QED) is 0.382. The molecular formula is C20H16F3N5O5S. The van der Waals surface area contributed by atoms with E-state index in [0.29, 0.717) is 28.6 Å².